The number of benzene rings is 2. The van der Waals surface area contributed by atoms with Crippen molar-refractivity contribution >= 4 is 23.4 Å². The first-order valence-corrected chi connectivity index (χ1v) is 11.3. The Bertz CT molecular complexity index is 1080. The van der Waals surface area contributed by atoms with Crippen molar-refractivity contribution < 1.29 is 22.7 Å². The van der Waals surface area contributed by atoms with Crippen LogP contribution in [0.3, 0.4) is 0 Å². The molecule has 0 saturated carbocycles. The Labute approximate surface area is 192 Å². The predicted molar refractivity (Wildman–Crippen MR) is 118 cm³/mol. The molecule has 7 nitrogen and oxygen atoms in total. The minimum atomic E-state index is -0.773. The second-order valence-corrected chi connectivity index (χ2v) is 8.36. The lowest BCUT2D eigenvalue weighted by Gasteiger charge is -2.27. The molecule has 4 rings (SSSR count). The van der Waals surface area contributed by atoms with Crippen molar-refractivity contribution in [1.29, 1.82) is 0 Å². The maximum atomic E-state index is 13.4. The van der Waals surface area contributed by atoms with E-state index in [-0.39, 0.29) is 17.3 Å². The molecule has 1 aromatic heterocycles. The molecule has 0 atom stereocenters. The maximum Gasteiger partial charge on any atom is 0.234 e. The van der Waals surface area contributed by atoms with E-state index in [2.05, 4.69) is 20.4 Å². The number of amides is 1. The third-order valence-corrected chi connectivity index (χ3v) is 6.01. The zero-order valence-electron chi connectivity index (χ0n) is 17.6. The van der Waals surface area contributed by atoms with Crippen LogP contribution in [0.1, 0.15) is 0 Å². The van der Waals surface area contributed by atoms with Crippen LogP contribution in [0.5, 0.6) is 0 Å². The molecule has 1 aliphatic rings. The zero-order chi connectivity index (χ0) is 23.2. The molecule has 0 radical (unpaired) electrons. The normalized spacial score (nSPS) is 14.4. The molecule has 0 bridgehead atoms. The summed E-state index contributed by atoms with van der Waals surface area (Å²) in [5.41, 5.74) is 0.747. The Morgan fingerprint density at radius 2 is 1.67 bits per heavy atom. The lowest BCUT2D eigenvalue weighted by Crippen LogP contribution is -2.38. The summed E-state index contributed by atoms with van der Waals surface area (Å²) < 4.78 is 47.4. The lowest BCUT2D eigenvalue weighted by molar-refractivity contribution is -0.113. The standard InChI is InChI=1S/C22H22F3N5O2S/c23-16-3-1-15(2-4-16)21-27-28-22(30(21)6-5-29-7-9-32-10-8-29)33-14-20(31)26-19-12-17(24)11-18(25)13-19/h1-4,11-13H,5-10,14H2,(H,26,31). The van der Waals surface area contributed by atoms with E-state index in [1.165, 1.54) is 12.1 Å². The highest BCUT2D eigenvalue weighted by molar-refractivity contribution is 7.99. The van der Waals surface area contributed by atoms with Crippen LogP contribution in [0.25, 0.3) is 11.4 Å². The molecule has 2 heterocycles. The predicted octanol–water partition coefficient (Wildman–Crippen LogP) is 3.43. The van der Waals surface area contributed by atoms with Crippen molar-refractivity contribution in [2.75, 3.05) is 43.9 Å². The SMILES string of the molecule is O=C(CSc1nnc(-c2ccc(F)cc2)n1CCN1CCOCC1)Nc1cc(F)cc(F)c1. The van der Waals surface area contributed by atoms with Gasteiger partial charge in [0.1, 0.15) is 17.5 Å². The number of ether oxygens (including phenoxy) is 1. The van der Waals surface area contributed by atoms with Crippen molar-refractivity contribution in [3.8, 4) is 11.4 Å². The van der Waals surface area contributed by atoms with Crippen molar-refractivity contribution in [1.82, 2.24) is 19.7 Å². The molecule has 1 amide bonds. The van der Waals surface area contributed by atoms with Gasteiger partial charge in [-0.05, 0) is 36.4 Å². The summed E-state index contributed by atoms with van der Waals surface area (Å²) in [6, 6.07) is 8.79. The van der Waals surface area contributed by atoms with Gasteiger partial charge in [-0.1, -0.05) is 11.8 Å². The fourth-order valence-electron chi connectivity index (χ4n) is 3.43. The number of aromatic nitrogens is 3. The quantitative estimate of drug-likeness (QED) is 0.502. The van der Waals surface area contributed by atoms with Crippen molar-refractivity contribution in [3.05, 3.63) is 59.9 Å². The number of hydrogen-bond acceptors (Lipinski definition) is 6. The average molecular weight is 478 g/mol. The molecule has 0 unspecified atom stereocenters. The number of anilines is 1. The van der Waals surface area contributed by atoms with E-state index in [9.17, 15) is 18.0 Å². The minimum absolute atomic E-state index is 0.0305. The topological polar surface area (TPSA) is 72.3 Å². The summed E-state index contributed by atoms with van der Waals surface area (Å²) in [6.07, 6.45) is 0. The highest BCUT2D eigenvalue weighted by Gasteiger charge is 2.18. The first-order valence-electron chi connectivity index (χ1n) is 10.4. The number of carbonyl (C=O) groups is 1. The van der Waals surface area contributed by atoms with E-state index in [4.69, 9.17) is 4.74 Å². The Morgan fingerprint density at radius 1 is 0.970 bits per heavy atom. The van der Waals surface area contributed by atoms with Crippen LogP contribution in [-0.4, -0.2) is 64.2 Å². The Balaban J connectivity index is 1.47. The fourth-order valence-corrected chi connectivity index (χ4v) is 4.19. The Morgan fingerprint density at radius 3 is 2.36 bits per heavy atom. The molecule has 11 heteroatoms. The molecule has 1 aliphatic heterocycles. The summed E-state index contributed by atoms with van der Waals surface area (Å²) in [5.74, 6) is -1.79. The number of thioether (sulfide) groups is 1. The molecule has 1 N–H and O–H groups in total. The monoisotopic (exact) mass is 477 g/mol. The number of nitrogens with zero attached hydrogens (tertiary/aromatic N) is 4. The van der Waals surface area contributed by atoms with Crippen LogP contribution in [0.15, 0.2) is 47.6 Å². The second-order valence-electron chi connectivity index (χ2n) is 7.41. The summed E-state index contributed by atoms with van der Waals surface area (Å²) >= 11 is 1.16. The second kappa shape index (κ2) is 10.8. The average Bonchev–Trinajstić information content (AvgIpc) is 3.19. The molecule has 3 aromatic rings. The Hall–Kier alpha value is -2.89. The van der Waals surface area contributed by atoms with Gasteiger partial charge in [0.15, 0.2) is 11.0 Å². The first-order chi connectivity index (χ1) is 16.0. The number of morpholine rings is 1. The van der Waals surface area contributed by atoms with Gasteiger partial charge in [0.25, 0.3) is 0 Å². The summed E-state index contributed by atoms with van der Waals surface area (Å²) in [5, 5.41) is 11.5. The van der Waals surface area contributed by atoms with Gasteiger partial charge in [0.05, 0.1) is 19.0 Å². The number of rotatable bonds is 8. The molecular weight excluding hydrogens is 455 g/mol. The van der Waals surface area contributed by atoms with Gasteiger partial charge < -0.3 is 14.6 Å². The fraction of sp³-hybridized carbons (Fsp3) is 0.318. The third kappa shape index (κ3) is 6.34. The van der Waals surface area contributed by atoms with Gasteiger partial charge in [0.2, 0.25) is 5.91 Å². The van der Waals surface area contributed by atoms with Crippen LogP contribution < -0.4 is 5.32 Å². The van der Waals surface area contributed by atoms with Crippen molar-refractivity contribution in [2.24, 2.45) is 0 Å². The largest absolute Gasteiger partial charge is 0.379 e. The number of halogens is 3. The van der Waals surface area contributed by atoms with Crippen LogP contribution in [0.2, 0.25) is 0 Å². The summed E-state index contributed by atoms with van der Waals surface area (Å²) in [4.78, 5) is 14.6. The maximum absolute atomic E-state index is 13.4. The van der Waals surface area contributed by atoms with Gasteiger partial charge in [-0.15, -0.1) is 10.2 Å². The third-order valence-electron chi connectivity index (χ3n) is 5.04. The molecular formula is C22H22F3N5O2S. The van der Waals surface area contributed by atoms with E-state index in [0.29, 0.717) is 36.3 Å². The first kappa shape index (κ1) is 23.3. The van der Waals surface area contributed by atoms with E-state index in [1.807, 2.05) is 4.57 Å². The number of carbonyl (C=O) groups excluding carboxylic acids is 1. The van der Waals surface area contributed by atoms with E-state index >= 15 is 0 Å². The van der Waals surface area contributed by atoms with Crippen LogP contribution in [-0.2, 0) is 16.1 Å². The lowest BCUT2D eigenvalue weighted by atomic mass is 10.2. The molecule has 33 heavy (non-hydrogen) atoms. The van der Waals surface area contributed by atoms with Crippen LogP contribution in [0, 0.1) is 17.5 Å². The smallest absolute Gasteiger partial charge is 0.234 e. The van der Waals surface area contributed by atoms with Gasteiger partial charge in [-0.3, -0.25) is 9.69 Å². The summed E-state index contributed by atoms with van der Waals surface area (Å²) in [7, 11) is 0. The van der Waals surface area contributed by atoms with Crippen molar-refractivity contribution in [2.45, 2.75) is 11.7 Å². The van der Waals surface area contributed by atoms with Gasteiger partial charge in [-0.25, -0.2) is 13.2 Å². The van der Waals surface area contributed by atoms with Gasteiger partial charge in [-0.2, -0.15) is 0 Å². The number of nitrogens with one attached hydrogen (secondary N) is 1. The number of hydrogen-bond donors (Lipinski definition) is 1. The van der Waals surface area contributed by atoms with Crippen LogP contribution in [0.4, 0.5) is 18.9 Å². The molecule has 174 valence electrons. The molecule has 0 spiro atoms. The van der Waals surface area contributed by atoms with E-state index in [0.717, 1.165) is 49.6 Å². The van der Waals surface area contributed by atoms with E-state index in [1.54, 1.807) is 12.1 Å². The molecule has 1 saturated heterocycles. The van der Waals surface area contributed by atoms with Gasteiger partial charge in [0, 0.05) is 43.5 Å². The van der Waals surface area contributed by atoms with Crippen molar-refractivity contribution in [3.63, 3.8) is 0 Å². The highest BCUT2D eigenvalue weighted by Crippen LogP contribution is 2.25. The Kier molecular flexibility index (Phi) is 7.63. The summed E-state index contributed by atoms with van der Waals surface area (Å²) in [6.45, 7) is 4.30. The zero-order valence-corrected chi connectivity index (χ0v) is 18.5. The molecule has 0 aliphatic carbocycles. The molecule has 2 aromatic carbocycles. The van der Waals surface area contributed by atoms with Crippen LogP contribution >= 0.6 is 11.8 Å². The van der Waals surface area contributed by atoms with Gasteiger partial charge >= 0.3 is 0 Å². The van der Waals surface area contributed by atoms with E-state index < -0.39 is 17.5 Å². The minimum Gasteiger partial charge on any atom is -0.379 e. The highest BCUT2D eigenvalue weighted by atomic mass is 32.2. The molecule has 1 fully saturated rings.